The topological polar surface area (TPSA) is 119 Å². The van der Waals surface area contributed by atoms with Gasteiger partial charge in [-0.3, -0.25) is 19.2 Å². The molecule has 0 aromatic heterocycles. The van der Waals surface area contributed by atoms with Crippen LogP contribution < -0.4 is 14.4 Å². The van der Waals surface area contributed by atoms with Crippen LogP contribution in [0, 0.1) is 22.9 Å². The Morgan fingerprint density at radius 1 is 1.13 bits per heavy atom. The predicted octanol–water partition coefficient (Wildman–Crippen LogP) is 4.69. The van der Waals surface area contributed by atoms with Crippen LogP contribution in [0.4, 0.5) is 15.8 Å². The van der Waals surface area contributed by atoms with Gasteiger partial charge in [0.05, 0.1) is 22.6 Å². The number of nitro benzene ring substituents is 1. The molecule has 0 atom stereocenters. The normalized spacial score (nSPS) is 11.1. The lowest BCUT2D eigenvalue weighted by Gasteiger charge is -2.24. The summed E-state index contributed by atoms with van der Waals surface area (Å²) in [5, 5.41) is 14.1. The summed E-state index contributed by atoms with van der Waals surface area (Å²) in [6.07, 6.45) is 0.601. The molecule has 3 aromatic rings. The standard InChI is InChI=1S/C26H28FN3O6S2/c1-19-8-13-23(16-25(19)30(32)33)38(34,35)29(21-9-11-22(36-2)12-10-21)17-26(31)28-14-5-15-37-18-20-6-3-4-7-24(20)27/h3-4,6-13,16H,5,14-15,17-18H2,1-2H3,(H,28,31). The molecular formula is C26H28FN3O6S2. The minimum Gasteiger partial charge on any atom is -0.497 e. The molecule has 12 heteroatoms. The maximum absolute atomic E-state index is 13.7. The summed E-state index contributed by atoms with van der Waals surface area (Å²) in [4.78, 5) is 23.2. The van der Waals surface area contributed by atoms with Crippen LogP contribution in [-0.2, 0) is 20.6 Å². The van der Waals surface area contributed by atoms with E-state index in [1.165, 1.54) is 56.1 Å². The van der Waals surface area contributed by atoms with E-state index in [-0.39, 0.29) is 22.1 Å². The number of rotatable bonds is 13. The van der Waals surface area contributed by atoms with Crippen molar-refractivity contribution in [2.75, 3.05) is 30.3 Å². The largest absolute Gasteiger partial charge is 0.497 e. The van der Waals surface area contributed by atoms with Gasteiger partial charge >= 0.3 is 0 Å². The second-order valence-corrected chi connectivity index (χ2v) is 11.2. The molecule has 202 valence electrons. The fourth-order valence-corrected chi connectivity index (χ4v) is 5.91. The first-order valence-corrected chi connectivity index (χ1v) is 14.2. The number of anilines is 1. The summed E-state index contributed by atoms with van der Waals surface area (Å²) in [6, 6.07) is 16.3. The van der Waals surface area contributed by atoms with Crippen LogP contribution in [0.15, 0.2) is 71.6 Å². The Hall–Kier alpha value is -3.64. The van der Waals surface area contributed by atoms with Crippen LogP contribution in [0.3, 0.4) is 0 Å². The van der Waals surface area contributed by atoms with E-state index in [0.717, 1.165) is 10.4 Å². The van der Waals surface area contributed by atoms with Gasteiger partial charge in [0, 0.05) is 23.9 Å². The van der Waals surface area contributed by atoms with Gasteiger partial charge in [0.15, 0.2) is 0 Å². The quantitative estimate of drug-likeness (QED) is 0.183. The highest BCUT2D eigenvalue weighted by atomic mass is 32.2. The average Bonchev–Trinajstić information content (AvgIpc) is 2.90. The van der Waals surface area contributed by atoms with Gasteiger partial charge in [0.25, 0.3) is 15.7 Å². The number of amides is 1. The molecule has 0 bridgehead atoms. The smallest absolute Gasteiger partial charge is 0.273 e. The van der Waals surface area contributed by atoms with Crippen molar-refractivity contribution >= 4 is 39.1 Å². The van der Waals surface area contributed by atoms with Gasteiger partial charge in [-0.05, 0) is 61.1 Å². The number of nitrogens with zero attached hydrogens (tertiary/aromatic N) is 2. The molecule has 0 aliphatic carbocycles. The van der Waals surface area contributed by atoms with E-state index in [9.17, 15) is 27.7 Å². The lowest BCUT2D eigenvalue weighted by atomic mass is 10.2. The van der Waals surface area contributed by atoms with E-state index in [1.54, 1.807) is 30.3 Å². The summed E-state index contributed by atoms with van der Waals surface area (Å²) in [5.74, 6) is 0.876. The highest BCUT2D eigenvalue weighted by Crippen LogP contribution is 2.29. The molecular weight excluding hydrogens is 533 g/mol. The molecule has 38 heavy (non-hydrogen) atoms. The summed E-state index contributed by atoms with van der Waals surface area (Å²) in [7, 11) is -2.86. The molecule has 0 radical (unpaired) electrons. The fraction of sp³-hybridized carbons (Fsp3) is 0.269. The Labute approximate surface area is 225 Å². The monoisotopic (exact) mass is 561 g/mol. The number of benzene rings is 3. The zero-order valence-corrected chi connectivity index (χ0v) is 22.6. The van der Waals surface area contributed by atoms with Crippen molar-refractivity contribution in [3.63, 3.8) is 0 Å². The van der Waals surface area contributed by atoms with Crippen molar-refractivity contribution in [2.45, 2.75) is 24.0 Å². The third-order valence-electron chi connectivity index (χ3n) is 5.62. The molecule has 3 aromatic carbocycles. The van der Waals surface area contributed by atoms with E-state index in [2.05, 4.69) is 5.32 Å². The maximum Gasteiger partial charge on any atom is 0.273 e. The van der Waals surface area contributed by atoms with Crippen molar-refractivity contribution in [3.8, 4) is 5.75 Å². The Morgan fingerprint density at radius 2 is 1.84 bits per heavy atom. The Morgan fingerprint density at radius 3 is 2.50 bits per heavy atom. The van der Waals surface area contributed by atoms with Crippen LogP contribution >= 0.6 is 11.8 Å². The van der Waals surface area contributed by atoms with Crippen LogP contribution in [0.25, 0.3) is 0 Å². The van der Waals surface area contributed by atoms with Crippen molar-refractivity contribution in [2.24, 2.45) is 0 Å². The van der Waals surface area contributed by atoms with Crippen LogP contribution in [0.5, 0.6) is 5.75 Å². The second kappa shape index (κ2) is 13.2. The minimum absolute atomic E-state index is 0.199. The predicted molar refractivity (Wildman–Crippen MR) is 146 cm³/mol. The minimum atomic E-state index is -4.33. The Bertz CT molecular complexity index is 1380. The molecule has 0 unspecified atom stereocenters. The third kappa shape index (κ3) is 7.45. The van der Waals surface area contributed by atoms with Crippen LogP contribution in [-0.4, -0.2) is 45.2 Å². The zero-order valence-electron chi connectivity index (χ0n) is 20.9. The highest BCUT2D eigenvalue weighted by Gasteiger charge is 2.29. The number of halogens is 1. The molecule has 0 aliphatic heterocycles. The van der Waals surface area contributed by atoms with E-state index in [0.29, 0.717) is 41.3 Å². The molecule has 9 nitrogen and oxygen atoms in total. The van der Waals surface area contributed by atoms with E-state index in [4.69, 9.17) is 4.74 Å². The first-order chi connectivity index (χ1) is 18.1. The molecule has 1 amide bonds. The van der Waals surface area contributed by atoms with E-state index >= 15 is 0 Å². The first kappa shape index (κ1) is 28.9. The van der Waals surface area contributed by atoms with Gasteiger partial charge in [-0.25, -0.2) is 12.8 Å². The maximum atomic E-state index is 13.7. The Kier molecular flexibility index (Phi) is 10.1. The number of aryl methyl sites for hydroxylation is 1. The number of ether oxygens (including phenoxy) is 1. The van der Waals surface area contributed by atoms with Crippen LogP contribution in [0.2, 0.25) is 0 Å². The number of carbonyl (C=O) groups is 1. The van der Waals surface area contributed by atoms with Gasteiger partial charge in [-0.15, -0.1) is 0 Å². The van der Waals surface area contributed by atoms with Gasteiger partial charge in [-0.1, -0.05) is 24.3 Å². The molecule has 0 aliphatic rings. The molecule has 1 N–H and O–H groups in total. The molecule has 0 fully saturated rings. The number of hydrogen-bond acceptors (Lipinski definition) is 7. The number of nitro groups is 1. The average molecular weight is 562 g/mol. The molecule has 3 rings (SSSR count). The number of carbonyl (C=O) groups excluding carboxylic acids is 1. The number of methoxy groups -OCH3 is 1. The second-order valence-electron chi connectivity index (χ2n) is 8.26. The fourth-order valence-electron chi connectivity index (χ4n) is 3.52. The number of sulfonamides is 1. The van der Waals surface area contributed by atoms with Crippen LogP contribution in [0.1, 0.15) is 17.5 Å². The number of thioether (sulfide) groups is 1. The lowest BCUT2D eigenvalue weighted by molar-refractivity contribution is -0.385. The molecule has 0 saturated heterocycles. The SMILES string of the molecule is COc1ccc(N(CC(=O)NCCCSCc2ccccc2F)S(=O)(=O)c2ccc(C)c([N+](=O)[O-])c2)cc1. The van der Waals surface area contributed by atoms with E-state index in [1.807, 2.05) is 0 Å². The van der Waals surface area contributed by atoms with Crippen molar-refractivity contribution in [3.05, 3.63) is 93.8 Å². The highest BCUT2D eigenvalue weighted by molar-refractivity contribution is 7.98. The summed E-state index contributed by atoms with van der Waals surface area (Å²) < 4.78 is 46.8. The summed E-state index contributed by atoms with van der Waals surface area (Å²) in [5.41, 5.74) is 0.788. The number of hydrogen-bond donors (Lipinski definition) is 1. The molecule has 0 heterocycles. The summed E-state index contributed by atoms with van der Waals surface area (Å²) >= 11 is 1.53. The first-order valence-electron chi connectivity index (χ1n) is 11.6. The lowest BCUT2D eigenvalue weighted by Crippen LogP contribution is -2.41. The van der Waals surface area contributed by atoms with Gasteiger partial charge < -0.3 is 10.1 Å². The molecule has 0 spiro atoms. The van der Waals surface area contributed by atoms with Gasteiger partial charge in [-0.2, -0.15) is 11.8 Å². The van der Waals surface area contributed by atoms with Gasteiger partial charge in [0.1, 0.15) is 18.1 Å². The third-order valence-corrected chi connectivity index (χ3v) is 8.48. The van der Waals surface area contributed by atoms with E-state index < -0.39 is 27.4 Å². The zero-order chi connectivity index (χ0) is 27.7. The molecule has 0 saturated carbocycles. The van der Waals surface area contributed by atoms with Crippen molar-refractivity contribution in [1.82, 2.24) is 5.32 Å². The number of nitrogens with one attached hydrogen (secondary N) is 1. The Balaban J connectivity index is 1.69. The van der Waals surface area contributed by atoms with Gasteiger partial charge in [0.2, 0.25) is 5.91 Å². The van der Waals surface area contributed by atoms with Crippen molar-refractivity contribution < 1.29 is 27.3 Å². The summed E-state index contributed by atoms with van der Waals surface area (Å²) in [6.45, 7) is 1.28. The van der Waals surface area contributed by atoms with Crippen molar-refractivity contribution in [1.29, 1.82) is 0 Å².